The second-order valence-corrected chi connectivity index (χ2v) is 5.31. The fourth-order valence-corrected chi connectivity index (χ4v) is 2.32. The number of hydrogen-bond donors (Lipinski definition) is 1. The summed E-state index contributed by atoms with van der Waals surface area (Å²) in [6, 6.07) is 6.33. The predicted octanol–water partition coefficient (Wildman–Crippen LogP) is 2.72. The van der Waals surface area contributed by atoms with Gasteiger partial charge < -0.3 is 9.64 Å². The molecule has 0 spiro atoms. The van der Waals surface area contributed by atoms with Gasteiger partial charge in [0.25, 0.3) is 0 Å². The van der Waals surface area contributed by atoms with Gasteiger partial charge in [-0.1, -0.05) is 30.9 Å². The van der Waals surface area contributed by atoms with E-state index in [1.165, 1.54) is 22.4 Å². The van der Waals surface area contributed by atoms with E-state index in [0.29, 0.717) is 0 Å². The number of hydrogen-bond acceptors (Lipinski definition) is 1. The van der Waals surface area contributed by atoms with E-state index in [4.69, 9.17) is 4.74 Å². The zero-order valence-electron chi connectivity index (χ0n) is 13.0. The van der Waals surface area contributed by atoms with Crippen LogP contribution in [0.5, 0.6) is 5.75 Å². The van der Waals surface area contributed by atoms with Crippen molar-refractivity contribution >= 4 is 0 Å². The second-order valence-electron chi connectivity index (χ2n) is 5.31. The third kappa shape index (κ3) is 6.07. The summed E-state index contributed by atoms with van der Waals surface area (Å²) >= 11 is 0. The molecule has 20 heavy (non-hydrogen) atoms. The first-order valence-corrected chi connectivity index (χ1v) is 7.42. The van der Waals surface area contributed by atoms with Crippen LogP contribution in [0.25, 0.3) is 0 Å². The minimum absolute atomic E-state index is 0.791. The number of unbranched alkanes of at least 4 members (excludes halogenated alkanes) is 1. The molecule has 110 valence electrons. The van der Waals surface area contributed by atoms with Crippen molar-refractivity contribution in [1.82, 2.24) is 0 Å². The molecule has 0 aliphatic heterocycles. The highest BCUT2D eigenvalue weighted by atomic mass is 16.5. The molecule has 0 aliphatic rings. The Morgan fingerprint density at radius 1 is 1.10 bits per heavy atom. The van der Waals surface area contributed by atoms with Crippen molar-refractivity contribution < 1.29 is 9.64 Å². The number of quaternary nitrogens is 1. The van der Waals surface area contributed by atoms with Gasteiger partial charge in [-0.3, -0.25) is 0 Å². The van der Waals surface area contributed by atoms with E-state index in [1.54, 1.807) is 0 Å². The first-order chi connectivity index (χ1) is 9.67. The molecule has 0 bridgehead atoms. The lowest BCUT2D eigenvalue weighted by Crippen LogP contribution is -3.11. The van der Waals surface area contributed by atoms with Crippen LogP contribution in [0.15, 0.2) is 43.5 Å². The summed E-state index contributed by atoms with van der Waals surface area (Å²) in [4.78, 5) is 1.52. The van der Waals surface area contributed by atoms with E-state index < -0.39 is 0 Å². The largest absolute Gasteiger partial charge is 0.493 e. The highest BCUT2D eigenvalue weighted by Crippen LogP contribution is 2.18. The third-order valence-corrected chi connectivity index (χ3v) is 3.38. The second kappa shape index (κ2) is 9.38. The van der Waals surface area contributed by atoms with Gasteiger partial charge in [-0.2, -0.15) is 0 Å². The summed E-state index contributed by atoms with van der Waals surface area (Å²) in [5.41, 5.74) is 2.50. The normalized spacial score (nSPS) is 10.6. The summed E-state index contributed by atoms with van der Waals surface area (Å²) in [7, 11) is 0. The average Bonchev–Trinajstić information content (AvgIpc) is 2.41. The maximum absolute atomic E-state index is 5.84. The fraction of sp³-hybridized carbons (Fsp3) is 0.444. The van der Waals surface area contributed by atoms with E-state index in [9.17, 15) is 0 Å². The van der Waals surface area contributed by atoms with Gasteiger partial charge in [0, 0.05) is 0 Å². The number of benzene rings is 1. The predicted molar refractivity (Wildman–Crippen MR) is 86.6 cm³/mol. The fourth-order valence-electron chi connectivity index (χ4n) is 2.32. The lowest BCUT2D eigenvalue weighted by molar-refractivity contribution is -0.888. The van der Waals surface area contributed by atoms with Crippen molar-refractivity contribution in [2.24, 2.45) is 0 Å². The SMILES string of the molecule is C=CC[NH+](CC=C)CCCCOc1ccc(C)cc1C. The van der Waals surface area contributed by atoms with Crippen LogP contribution in [-0.2, 0) is 0 Å². The Labute approximate surface area is 123 Å². The molecule has 0 amide bonds. The van der Waals surface area contributed by atoms with Gasteiger partial charge in [-0.05, 0) is 50.5 Å². The summed E-state index contributed by atoms with van der Waals surface area (Å²) in [6.07, 6.45) is 6.21. The quantitative estimate of drug-likeness (QED) is 0.511. The molecule has 1 rings (SSSR count). The highest BCUT2D eigenvalue weighted by molar-refractivity contribution is 5.35. The Morgan fingerprint density at radius 2 is 1.80 bits per heavy atom. The van der Waals surface area contributed by atoms with Crippen LogP contribution in [0, 0.1) is 13.8 Å². The number of aryl methyl sites for hydroxylation is 2. The van der Waals surface area contributed by atoms with Gasteiger partial charge in [0.05, 0.1) is 26.2 Å². The first-order valence-electron chi connectivity index (χ1n) is 7.42. The van der Waals surface area contributed by atoms with Gasteiger partial charge in [-0.15, -0.1) is 0 Å². The van der Waals surface area contributed by atoms with Crippen molar-refractivity contribution in [3.63, 3.8) is 0 Å². The molecule has 0 saturated carbocycles. The Kier molecular flexibility index (Phi) is 7.74. The molecule has 0 aromatic heterocycles. The molecule has 0 fully saturated rings. The maximum atomic E-state index is 5.84. The number of rotatable bonds is 10. The number of ether oxygens (including phenoxy) is 1. The molecule has 1 N–H and O–H groups in total. The zero-order valence-corrected chi connectivity index (χ0v) is 13.0. The van der Waals surface area contributed by atoms with Crippen LogP contribution in [-0.4, -0.2) is 26.2 Å². The maximum Gasteiger partial charge on any atom is 0.122 e. The monoisotopic (exact) mass is 274 g/mol. The van der Waals surface area contributed by atoms with Crippen LogP contribution in [0.4, 0.5) is 0 Å². The zero-order chi connectivity index (χ0) is 14.8. The molecule has 2 nitrogen and oxygen atoms in total. The minimum atomic E-state index is 0.791. The van der Waals surface area contributed by atoms with E-state index in [-0.39, 0.29) is 0 Å². The van der Waals surface area contributed by atoms with Crippen LogP contribution >= 0.6 is 0 Å². The average molecular weight is 274 g/mol. The van der Waals surface area contributed by atoms with Gasteiger partial charge in [0.15, 0.2) is 0 Å². The molecule has 1 aromatic carbocycles. The van der Waals surface area contributed by atoms with Gasteiger partial charge in [-0.25, -0.2) is 0 Å². The number of nitrogens with one attached hydrogen (secondary N) is 1. The lowest BCUT2D eigenvalue weighted by atomic mass is 10.1. The standard InChI is InChI=1S/C18H27NO/c1-5-11-19(12-6-2)13-7-8-14-20-18-10-9-16(3)15-17(18)4/h5-6,9-10,15H,1-2,7-8,11-14H2,3-4H3/p+1. The van der Waals surface area contributed by atoms with Gasteiger partial charge in [0.1, 0.15) is 5.75 Å². The molecule has 2 heteroatoms. The Morgan fingerprint density at radius 3 is 2.40 bits per heavy atom. The lowest BCUT2D eigenvalue weighted by Gasteiger charge is -2.16. The van der Waals surface area contributed by atoms with Gasteiger partial charge >= 0.3 is 0 Å². The molecule has 0 radical (unpaired) electrons. The highest BCUT2D eigenvalue weighted by Gasteiger charge is 2.04. The van der Waals surface area contributed by atoms with Gasteiger partial charge in [0.2, 0.25) is 0 Å². The van der Waals surface area contributed by atoms with Crippen molar-refractivity contribution in [3.8, 4) is 5.75 Å². The van der Waals surface area contributed by atoms with Crippen molar-refractivity contribution in [2.45, 2.75) is 26.7 Å². The van der Waals surface area contributed by atoms with E-state index >= 15 is 0 Å². The molecule has 0 aliphatic carbocycles. The minimum Gasteiger partial charge on any atom is -0.493 e. The first kappa shape index (κ1) is 16.5. The van der Waals surface area contributed by atoms with E-state index in [0.717, 1.165) is 38.4 Å². The molecule has 0 atom stereocenters. The summed E-state index contributed by atoms with van der Waals surface area (Å²) in [6.45, 7) is 15.8. The van der Waals surface area contributed by atoms with Crippen molar-refractivity contribution in [1.29, 1.82) is 0 Å². The smallest absolute Gasteiger partial charge is 0.122 e. The summed E-state index contributed by atoms with van der Waals surface area (Å²) in [5, 5.41) is 0. The molecule has 0 unspecified atom stereocenters. The summed E-state index contributed by atoms with van der Waals surface area (Å²) < 4.78 is 5.84. The van der Waals surface area contributed by atoms with E-state index in [2.05, 4.69) is 45.2 Å². The summed E-state index contributed by atoms with van der Waals surface area (Å²) in [5.74, 6) is 1.01. The van der Waals surface area contributed by atoms with Crippen molar-refractivity contribution in [2.75, 3.05) is 26.2 Å². The molecule has 1 aromatic rings. The van der Waals surface area contributed by atoms with E-state index in [1.807, 2.05) is 12.2 Å². The Bertz CT molecular complexity index is 415. The molecule has 0 heterocycles. The van der Waals surface area contributed by atoms with Crippen molar-refractivity contribution in [3.05, 3.63) is 54.6 Å². The van der Waals surface area contributed by atoms with Crippen LogP contribution < -0.4 is 9.64 Å². The molecular weight excluding hydrogens is 246 g/mol. The van der Waals surface area contributed by atoms with Crippen LogP contribution in [0.1, 0.15) is 24.0 Å². The Balaban J connectivity index is 2.24. The topological polar surface area (TPSA) is 13.7 Å². The van der Waals surface area contributed by atoms with Crippen LogP contribution in [0.3, 0.4) is 0 Å². The third-order valence-electron chi connectivity index (χ3n) is 3.38. The molecule has 0 saturated heterocycles. The Hall–Kier alpha value is -1.54. The van der Waals surface area contributed by atoms with Crippen LogP contribution in [0.2, 0.25) is 0 Å². The molecular formula is C18H28NO+.